The van der Waals surface area contributed by atoms with Crippen molar-refractivity contribution in [2.24, 2.45) is 0 Å². The maximum absolute atomic E-state index is 13.0. The van der Waals surface area contributed by atoms with Crippen LogP contribution in [0, 0.1) is 19.7 Å². The highest BCUT2D eigenvalue weighted by Crippen LogP contribution is 2.20. The number of aromatic nitrogens is 2. The first-order chi connectivity index (χ1) is 11.3. The number of rotatable bonds is 5. The minimum atomic E-state index is -0.579. The van der Waals surface area contributed by atoms with Crippen LogP contribution in [-0.2, 0) is 16.1 Å². The normalized spacial score (nSPS) is 10.3. The summed E-state index contributed by atoms with van der Waals surface area (Å²) in [5, 5.41) is 4.04. The van der Waals surface area contributed by atoms with Gasteiger partial charge in [-0.15, -0.1) is 0 Å². The molecule has 9 heteroatoms. The van der Waals surface area contributed by atoms with Gasteiger partial charge in [0.1, 0.15) is 18.1 Å². The molecule has 2 amide bonds. The minimum absolute atomic E-state index is 0.0195. The number of ether oxygens (including phenoxy) is 1. The Kier molecular flexibility index (Phi) is 5.75. The molecule has 1 aromatic carbocycles. The SMILES string of the molecule is Cc1cc(C)n(CC(=O)NNC(=O)COc2ccc(F)c(Cl)c2)n1. The highest BCUT2D eigenvalue weighted by Gasteiger charge is 2.09. The van der Waals surface area contributed by atoms with Crippen molar-refractivity contribution in [2.45, 2.75) is 20.4 Å². The van der Waals surface area contributed by atoms with Gasteiger partial charge in [-0.3, -0.25) is 25.1 Å². The predicted octanol–water partition coefficient (Wildman–Crippen LogP) is 1.52. The second-order valence-electron chi connectivity index (χ2n) is 5.05. The van der Waals surface area contributed by atoms with E-state index < -0.39 is 17.6 Å². The van der Waals surface area contributed by atoms with Crippen molar-refractivity contribution in [2.75, 3.05) is 6.61 Å². The smallest absolute Gasteiger partial charge is 0.276 e. The van der Waals surface area contributed by atoms with Crippen LogP contribution >= 0.6 is 11.6 Å². The number of hydrazine groups is 1. The summed E-state index contributed by atoms with van der Waals surface area (Å²) in [6, 6.07) is 5.57. The lowest BCUT2D eigenvalue weighted by Gasteiger charge is -2.09. The molecule has 0 aliphatic rings. The quantitative estimate of drug-likeness (QED) is 0.797. The Morgan fingerprint density at radius 1 is 1.25 bits per heavy atom. The van der Waals surface area contributed by atoms with E-state index in [4.69, 9.17) is 16.3 Å². The largest absolute Gasteiger partial charge is 0.484 e. The van der Waals surface area contributed by atoms with E-state index in [-0.39, 0.29) is 23.9 Å². The van der Waals surface area contributed by atoms with Crippen LogP contribution < -0.4 is 15.6 Å². The van der Waals surface area contributed by atoms with E-state index in [0.717, 1.165) is 17.5 Å². The number of halogens is 2. The summed E-state index contributed by atoms with van der Waals surface area (Å²) >= 11 is 5.60. The molecule has 0 aliphatic heterocycles. The molecule has 1 heterocycles. The summed E-state index contributed by atoms with van der Waals surface area (Å²) in [7, 11) is 0. The summed E-state index contributed by atoms with van der Waals surface area (Å²) < 4.78 is 19.7. The number of nitrogens with one attached hydrogen (secondary N) is 2. The second-order valence-corrected chi connectivity index (χ2v) is 5.45. The van der Waals surface area contributed by atoms with E-state index >= 15 is 0 Å². The van der Waals surface area contributed by atoms with Crippen molar-refractivity contribution < 1.29 is 18.7 Å². The van der Waals surface area contributed by atoms with Crippen molar-refractivity contribution in [1.29, 1.82) is 0 Å². The molecule has 0 bridgehead atoms. The molecule has 0 saturated carbocycles. The van der Waals surface area contributed by atoms with Gasteiger partial charge in [0.25, 0.3) is 11.8 Å². The van der Waals surface area contributed by atoms with E-state index in [2.05, 4.69) is 16.0 Å². The van der Waals surface area contributed by atoms with Crippen LogP contribution in [0.4, 0.5) is 4.39 Å². The third-order valence-corrected chi connectivity index (χ3v) is 3.29. The molecule has 0 radical (unpaired) electrons. The molecule has 1 aromatic heterocycles. The highest BCUT2D eigenvalue weighted by atomic mass is 35.5. The lowest BCUT2D eigenvalue weighted by molar-refractivity contribution is -0.130. The fraction of sp³-hybridized carbons (Fsp3) is 0.267. The monoisotopic (exact) mass is 354 g/mol. The molecule has 128 valence electrons. The Hall–Kier alpha value is -2.61. The van der Waals surface area contributed by atoms with Gasteiger partial charge < -0.3 is 4.74 Å². The minimum Gasteiger partial charge on any atom is -0.484 e. The number of hydrogen-bond donors (Lipinski definition) is 2. The maximum atomic E-state index is 13.0. The van der Waals surface area contributed by atoms with Crippen LogP contribution in [0.3, 0.4) is 0 Å². The van der Waals surface area contributed by atoms with Gasteiger partial charge in [-0.25, -0.2) is 4.39 Å². The summed E-state index contributed by atoms with van der Waals surface area (Å²) in [5.41, 5.74) is 6.11. The number of hydrogen-bond acceptors (Lipinski definition) is 4. The van der Waals surface area contributed by atoms with Gasteiger partial charge in [-0.05, 0) is 32.0 Å². The summed E-state index contributed by atoms with van der Waals surface area (Å²) in [6.07, 6.45) is 0. The lowest BCUT2D eigenvalue weighted by atomic mass is 10.3. The van der Waals surface area contributed by atoms with E-state index in [1.165, 1.54) is 16.8 Å². The zero-order valence-corrected chi connectivity index (χ0v) is 13.9. The van der Waals surface area contributed by atoms with Crippen LogP contribution in [-0.4, -0.2) is 28.2 Å². The van der Waals surface area contributed by atoms with Gasteiger partial charge >= 0.3 is 0 Å². The standard InChI is InChI=1S/C15H16ClFN4O3/c1-9-5-10(2)21(20-9)7-14(22)18-19-15(23)8-24-11-3-4-13(17)12(16)6-11/h3-6H,7-8H2,1-2H3,(H,18,22)(H,19,23). The van der Waals surface area contributed by atoms with Crippen molar-refractivity contribution in [3.63, 3.8) is 0 Å². The first-order valence-electron chi connectivity index (χ1n) is 7.01. The molecule has 2 N–H and O–H groups in total. The molecular formula is C15H16ClFN4O3. The zero-order valence-electron chi connectivity index (χ0n) is 13.1. The number of nitrogens with zero attached hydrogens (tertiary/aromatic N) is 2. The highest BCUT2D eigenvalue weighted by molar-refractivity contribution is 6.30. The van der Waals surface area contributed by atoms with Crippen LogP contribution in [0.25, 0.3) is 0 Å². The van der Waals surface area contributed by atoms with Gasteiger partial charge in [0, 0.05) is 11.8 Å². The predicted molar refractivity (Wildman–Crippen MR) is 84.9 cm³/mol. The molecule has 2 aromatic rings. The van der Waals surface area contributed by atoms with E-state index in [1.54, 1.807) is 0 Å². The van der Waals surface area contributed by atoms with Crippen LogP contribution in [0.5, 0.6) is 5.75 Å². The molecule has 0 atom stereocenters. The lowest BCUT2D eigenvalue weighted by Crippen LogP contribution is -2.45. The van der Waals surface area contributed by atoms with Gasteiger partial charge in [-0.2, -0.15) is 5.10 Å². The Labute approximate surface area is 142 Å². The number of aryl methyl sites for hydroxylation is 2. The number of carbonyl (C=O) groups excluding carboxylic acids is 2. The van der Waals surface area contributed by atoms with Crippen molar-refractivity contribution in [1.82, 2.24) is 20.6 Å². The van der Waals surface area contributed by atoms with Crippen LogP contribution in [0.1, 0.15) is 11.4 Å². The molecule has 24 heavy (non-hydrogen) atoms. The molecule has 0 spiro atoms. The third kappa shape index (κ3) is 4.95. The number of benzene rings is 1. The fourth-order valence-electron chi connectivity index (χ4n) is 1.90. The van der Waals surface area contributed by atoms with E-state index in [9.17, 15) is 14.0 Å². The molecule has 0 unspecified atom stereocenters. The summed E-state index contributed by atoms with van der Waals surface area (Å²) in [5.74, 6) is -1.34. The van der Waals surface area contributed by atoms with Crippen molar-refractivity contribution in [3.05, 3.63) is 46.5 Å². The Morgan fingerprint density at radius 2 is 1.96 bits per heavy atom. The van der Waals surface area contributed by atoms with Gasteiger partial charge in [-0.1, -0.05) is 11.6 Å². The van der Waals surface area contributed by atoms with Gasteiger partial charge in [0.15, 0.2) is 6.61 Å². The topological polar surface area (TPSA) is 85.2 Å². The third-order valence-electron chi connectivity index (χ3n) is 3.00. The average molecular weight is 355 g/mol. The van der Waals surface area contributed by atoms with Crippen LogP contribution in [0.15, 0.2) is 24.3 Å². The van der Waals surface area contributed by atoms with Crippen molar-refractivity contribution >= 4 is 23.4 Å². The second kappa shape index (κ2) is 7.78. The van der Waals surface area contributed by atoms with E-state index in [0.29, 0.717) is 0 Å². The van der Waals surface area contributed by atoms with Crippen LogP contribution in [0.2, 0.25) is 5.02 Å². The maximum Gasteiger partial charge on any atom is 0.276 e. The number of amides is 2. The molecule has 2 rings (SSSR count). The Bertz CT molecular complexity index is 763. The zero-order chi connectivity index (χ0) is 17.7. The Morgan fingerprint density at radius 3 is 2.58 bits per heavy atom. The number of carbonyl (C=O) groups is 2. The average Bonchev–Trinajstić information content (AvgIpc) is 2.84. The first kappa shape index (κ1) is 17.7. The summed E-state index contributed by atoms with van der Waals surface area (Å²) in [4.78, 5) is 23.4. The molecule has 7 nitrogen and oxygen atoms in total. The summed E-state index contributed by atoms with van der Waals surface area (Å²) in [6.45, 7) is 3.27. The molecule has 0 fully saturated rings. The Balaban J connectivity index is 1.75. The fourth-order valence-corrected chi connectivity index (χ4v) is 2.07. The molecule has 0 aliphatic carbocycles. The molecule has 0 saturated heterocycles. The first-order valence-corrected chi connectivity index (χ1v) is 7.39. The van der Waals surface area contributed by atoms with Gasteiger partial charge in [0.2, 0.25) is 0 Å². The van der Waals surface area contributed by atoms with Gasteiger partial charge in [0.05, 0.1) is 10.7 Å². The molecular weight excluding hydrogens is 339 g/mol. The van der Waals surface area contributed by atoms with E-state index in [1.807, 2.05) is 19.9 Å². The van der Waals surface area contributed by atoms with Crippen molar-refractivity contribution in [3.8, 4) is 5.75 Å².